The Morgan fingerprint density at radius 2 is 2.23 bits per heavy atom. The van der Waals surface area contributed by atoms with Gasteiger partial charge in [-0.1, -0.05) is 37.0 Å². The van der Waals surface area contributed by atoms with Crippen molar-refractivity contribution < 1.29 is 9.53 Å². The highest BCUT2D eigenvalue weighted by Gasteiger charge is 2.20. The second-order valence-electron chi connectivity index (χ2n) is 2.81. The monoisotopic (exact) mass is 176 g/mol. The third kappa shape index (κ3) is 1.96. The predicted octanol–water partition coefficient (Wildman–Crippen LogP) is 2.16. The molecule has 0 saturated carbocycles. The molecule has 1 heterocycles. The van der Waals surface area contributed by atoms with Gasteiger partial charge in [0.2, 0.25) is 0 Å². The summed E-state index contributed by atoms with van der Waals surface area (Å²) in [5.74, 6) is -0.293. The number of ether oxygens (including phenoxy) is 1. The Morgan fingerprint density at radius 3 is 2.77 bits per heavy atom. The van der Waals surface area contributed by atoms with Crippen LogP contribution < -0.4 is 0 Å². The van der Waals surface area contributed by atoms with E-state index in [1.165, 1.54) is 6.08 Å². The fraction of sp³-hybridized carbons (Fsp3) is 0.182. The van der Waals surface area contributed by atoms with Crippen molar-refractivity contribution in [1.29, 1.82) is 0 Å². The molecule has 0 unspecified atom stereocenters. The lowest BCUT2D eigenvalue weighted by Gasteiger charge is -1.93. The molecular weight excluding hydrogens is 164 g/mol. The van der Waals surface area contributed by atoms with Crippen LogP contribution in [-0.2, 0) is 9.53 Å². The standard InChI is InChI=1S/C11H12O2/c1-4-8(3)6-9-7-13-11(12)10(9)5-2/h4-6H,1-2,7H2,3H3/b8-6-. The van der Waals surface area contributed by atoms with E-state index in [-0.39, 0.29) is 5.97 Å². The van der Waals surface area contributed by atoms with Crippen LogP contribution in [0.3, 0.4) is 0 Å². The molecule has 0 aromatic carbocycles. The number of carbonyl (C=O) groups excluding carboxylic acids is 1. The van der Waals surface area contributed by atoms with Crippen LogP contribution in [0.2, 0.25) is 0 Å². The number of allylic oxidation sites excluding steroid dienone is 2. The highest BCUT2D eigenvalue weighted by atomic mass is 16.5. The molecule has 13 heavy (non-hydrogen) atoms. The number of hydrogen-bond acceptors (Lipinski definition) is 2. The largest absolute Gasteiger partial charge is 0.457 e. The van der Waals surface area contributed by atoms with Crippen molar-refractivity contribution in [3.63, 3.8) is 0 Å². The topological polar surface area (TPSA) is 26.3 Å². The van der Waals surface area contributed by atoms with E-state index >= 15 is 0 Å². The van der Waals surface area contributed by atoms with Crippen molar-refractivity contribution in [1.82, 2.24) is 0 Å². The zero-order valence-electron chi connectivity index (χ0n) is 7.67. The average molecular weight is 176 g/mol. The molecular formula is C11H12O2. The summed E-state index contributed by atoms with van der Waals surface area (Å²) in [6, 6.07) is 0. The van der Waals surface area contributed by atoms with Crippen LogP contribution in [0.5, 0.6) is 0 Å². The summed E-state index contributed by atoms with van der Waals surface area (Å²) >= 11 is 0. The third-order valence-corrected chi connectivity index (χ3v) is 1.85. The van der Waals surface area contributed by atoms with E-state index in [1.807, 2.05) is 13.0 Å². The van der Waals surface area contributed by atoms with Gasteiger partial charge in [0, 0.05) is 5.57 Å². The SMILES string of the molecule is C=CC1=C(/C=C(/C)C=C)COC1=O. The Hall–Kier alpha value is -1.57. The summed E-state index contributed by atoms with van der Waals surface area (Å²) in [6.07, 6.45) is 5.14. The molecule has 0 saturated heterocycles. The van der Waals surface area contributed by atoms with Gasteiger partial charge >= 0.3 is 5.97 Å². The molecule has 1 aliphatic heterocycles. The molecule has 2 nitrogen and oxygen atoms in total. The Kier molecular flexibility index (Phi) is 2.85. The van der Waals surface area contributed by atoms with Crippen LogP contribution in [0.4, 0.5) is 0 Å². The van der Waals surface area contributed by atoms with Crippen LogP contribution in [0, 0.1) is 0 Å². The van der Waals surface area contributed by atoms with Gasteiger partial charge in [-0.25, -0.2) is 4.79 Å². The summed E-state index contributed by atoms with van der Waals surface area (Å²) in [5, 5.41) is 0. The molecule has 68 valence electrons. The van der Waals surface area contributed by atoms with Crippen LogP contribution in [-0.4, -0.2) is 12.6 Å². The zero-order chi connectivity index (χ0) is 9.84. The molecule has 0 radical (unpaired) electrons. The van der Waals surface area contributed by atoms with E-state index in [1.54, 1.807) is 6.08 Å². The van der Waals surface area contributed by atoms with E-state index in [2.05, 4.69) is 13.2 Å². The smallest absolute Gasteiger partial charge is 0.338 e. The fourth-order valence-corrected chi connectivity index (χ4v) is 1.10. The predicted molar refractivity (Wildman–Crippen MR) is 52.1 cm³/mol. The first-order chi connectivity index (χ1) is 6.19. The van der Waals surface area contributed by atoms with Gasteiger partial charge in [0.25, 0.3) is 0 Å². The van der Waals surface area contributed by atoms with E-state index in [4.69, 9.17) is 4.74 Å². The fourth-order valence-electron chi connectivity index (χ4n) is 1.10. The van der Waals surface area contributed by atoms with Gasteiger partial charge in [-0.05, 0) is 6.92 Å². The highest BCUT2D eigenvalue weighted by molar-refractivity contribution is 5.95. The number of rotatable bonds is 3. The van der Waals surface area contributed by atoms with E-state index in [9.17, 15) is 4.79 Å². The molecule has 0 amide bonds. The van der Waals surface area contributed by atoms with Crippen LogP contribution in [0.15, 0.2) is 48.1 Å². The Bertz CT molecular complexity index is 319. The number of carbonyl (C=O) groups is 1. The van der Waals surface area contributed by atoms with Gasteiger partial charge in [0.05, 0.1) is 5.57 Å². The van der Waals surface area contributed by atoms with Gasteiger partial charge in [-0.3, -0.25) is 0 Å². The molecule has 0 spiro atoms. The second-order valence-corrected chi connectivity index (χ2v) is 2.81. The highest BCUT2D eigenvalue weighted by Crippen LogP contribution is 2.19. The number of cyclic esters (lactones) is 1. The quantitative estimate of drug-likeness (QED) is 0.486. The third-order valence-electron chi connectivity index (χ3n) is 1.85. The van der Waals surface area contributed by atoms with Crippen LogP contribution in [0.25, 0.3) is 0 Å². The van der Waals surface area contributed by atoms with Crippen molar-refractivity contribution in [3.05, 3.63) is 48.1 Å². The maximum absolute atomic E-state index is 11.1. The number of esters is 1. The molecule has 2 heteroatoms. The summed E-state index contributed by atoms with van der Waals surface area (Å²) in [6.45, 7) is 9.45. The van der Waals surface area contributed by atoms with E-state index in [0.29, 0.717) is 12.2 Å². The Balaban J connectivity index is 3.02. The first-order valence-electron chi connectivity index (χ1n) is 4.02. The minimum Gasteiger partial charge on any atom is -0.457 e. The van der Waals surface area contributed by atoms with Crippen molar-refractivity contribution in [2.45, 2.75) is 6.92 Å². The first-order valence-corrected chi connectivity index (χ1v) is 4.02. The van der Waals surface area contributed by atoms with Gasteiger partial charge in [0.1, 0.15) is 6.61 Å². The summed E-state index contributed by atoms with van der Waals surface area (Å²) in [5.41, 5.74) is 2.44. The maximum atomic E-state index is 11.1. The molecule has 0 fully saturated rings. The van der Waals surface area contributed by atoms with Gasteiger partial charge in [-0.15, -0.1) is 0 Å². The Morgan fingerprint density at radius 1 is 1.54 bits per heavy atom. The maximum Gasteiger partial charge on any atom is 0.338 e. The zero-order valence-corrected chi connectivity index (χ0v) is 7.67. The number of hydrogen-bond donors (Lipinski definition) is 0. The molecule has 0 aromatic heterocycles. The second kappa shape index (κ2) is 3.90. The molecule has 0 aromatic rings. The van der Waals surface area contributed by atoms with Crippen molar-refractivity contribution in [2.75, 3.05) is 6.61 Å². The molecule has 0 N–H and O–H groups in total. The molecule has 0 atom stereocenters. The van der Waals surface area contributed by atoms with Crippen molar-refractivity contribution >= 4 is 5.97 Å². The van der Waals surface area contributed by atoms with Crippen molar-refractivity contribution in [2.24, 2.45) is 0 Å². The lowest BCUT2D eigenvalue weighted by Crippen LogP contribution is -1.95. The van der Waals surface area contributed by atoms with Gasteiger partial charge < -0.3 is 4.74 Å². The average Bonchev–Trinajstić information content (AvgIpc) is 2.46. The van der Waals surface area contributed by atoms with Crippen LogP contribution in [0.1, 0.15) is 6.92 Å². The summed E-state index contributed by atoms with van der Waals surface area (Å²) in [4.78, 5) is 11.1. The lowest BCUT2D eigenvalue weighted by molar-refractivity contribution is -0.135. The van der Waals surface area contributed by atoms with Gasteiger partial charge in [0.15, 0.2) is 0 Å². The summed E-state index contributed by atoms with van der Waals surface area (Å²) in [7, 11) is 0. The molecule has 1 aliphatic rings. The minimum atomic E-state index is -0.293. The van der Waals surface area contributed by atoms with E-state index < -0.39 is 0 Å². The lowest BCUT2D eigenvalue weighted by atomic mass is 10.1. The van der Waals surface area contributed by atoms with E-state index in [0.717, 1.165) is 11.1 Å². The normalized spacial score (nSPS) is 17.3. The Labute approximate surface area is 77.9 Å². The van der Waals surface area contributed by atoms with Crippen LogP contribution >= 0.6 is 0 Å². The van der Waals surface area contributed by atoms with Crippen molar-refractivity contribution in [3.8, 4) is 0 Å². The molecule has 0 aliphatic carbocycles. The summed E-state index contributed by atoms with van der Waals surface area (Å²) < 4.78 is 4.85. The molecule has 1 rings (SSSR count). The van der Waals surface area contributed by atoms with Gasteiger partial charge in [-0.2, -0.15) is 0 Å². The minimum absolute atomic E-state index is 0.293. The molecule has 0 bridgehead atoms. The first kappa shape index (κ1) is 9.52.